The van der Waals surface area contributed by atoms with Gasteiger partial charge in [0.25, 0.3) is 0 Å². The minimum absolute atomic E-state index is 0.0293. The van der Waals surface area contributed by atoms with E-state index in [1.807, 2.05) is 18.2 Å². The van der Waals surface area contributed by atoms with Gasteiger partial charge in [0.2, 0.25) is 5.91 Å². The molecule has 0 N–H and O–H groups in total. The molecule has 0 bridgehead atoms. The van der Waals surface area contributed by atoms with Crippen molar-refractivity contribution in [2.24, 2.45) is 0 Å². The number of hydrogen-bond donors (Lipinski definition) is 0. The maximum Gasteiger partial charge on any atom is 0.223 e. The smallest absolute Gasteiger partial charge is 0.223 e. The van der Waals surface area contributed by atoms with E-state index >= 15 is 0 Å². The number of carbonyl (C=O) groups excluding carboxylic acids is 1. The Kier molecular flexibility index (Phi) is 4.46. The van der Waals surface area contributed by atoms with Crippen LogP contribution in [-0.2, 0) is 27.6 Å². The van der Waals surface area contributed by atoms with Gasteiger partial charge >= 0.3 is 0 Å². The fraction of sp³-hybridized carbons (Fsp3) is 0.278. The van der Waals surface area contributed by atoms with Crippen LogP contribution in [0.5, 0.6) is 0 Å². The molecule has 8 heteroatoms. The Labute approximate surface area is 155 Å². The molecule has 4 rings (SSSR count). The van der Waals surface area contributed by atoms with Gasteiger partial charge in [-0.2, -0.15) is 8.75 Å². The zero-order chi connectivity index (χ0) is 18.1. The third kappa shape index (κ3) is 3.22. The van der Waals surface area contributed by atoms with Crippen LogP contribution in [0.3, 0.4) is 0 Å². The molecule has 1 amide bonds. The van der Waals surface area contributed by atoms with Crippen LogP contribution in [0.25, 0.3) is 11.0 Å². The van der Waals surface area contributed by atoms with Crippen LogP contribution in [0, 0.1) is 0 Å². The Morgan fingerprint density at radius 3 is 2.73 bits per heavy atom. The van der Waals surface area contributed by atoms with Gasteiger partial charge in [-0.05, 0) is 29.7 Å². The Morgan fingerprint density at radius 1 is 1.08 bits per heavy atom. The highest BCUT2D eigenvalue weighted by Crippen LogP contribution is 2.23. The van der Waals surface area contributed by atoms with Crippen molar-refractivity contribution in [1.29, 1.82) is 0 Å². The van der Waals surface area contributed by atoms with Crippen LogP contribution < -0.4 is 0 Å². The minimum atomic E-state index is -3.59. The normalized spacial score (nSPS) is 14.4. The van der Waals surface area contributed by atoms with E-state index in [0.29, 0.717) is 24.1 Å². The fourth-order valence-corrected chi connectivity index (χ4v) is 5.23. The first kappa shape index (κ1) is 17.1. The van der Waals surface area contributed by atoms with Gasteiger partial charge in [0.15, 0.2) is 9.84 Å². The maximum absolute atomic E-state index is 12.7. The summed E-state index contributed by atoms with van der Waals surface area (Å²) >= 11 is 0.984. The lowest BCUT2D eigenvalue weighted by Crippen LogP contribution is -2.36. The van der Waals surface area contributed by atoms with E-state index in [9.17, 15) is 13.2 Å². The number of sulfone groups is 1. The number of hydrogen-bond acceptors (Lipinski definition) is 6. The first-order chi connectivity index (χ1) is 12.5. The molecule has 134 valence electrons. The summed E-state index contributed by atoms with van der Waals surface area (Å²) in [6.07, 6.45) is 0.775. The monoisotopic (exact) mass is 387 g/mol. The van der Waals surface area contributed by atoms with E-state index in [0.717, 1.165) is 23.7 Å². The third-order valence-corrected chi connectivity index (χ3v) is 6.94. The summed E-state index contributed by atoms with van der Waals surface area (Å²) in [5.74, 6) is -0.354. The van der Waals surface area contributed by atoms with Gasteiger partial charge in [0, 0.05) is 19.5 Å². The van der Waals surface area contributed by atoms with Gasteiger partial charge in [-0.1, -0.05) is 30.3 Å². The highest BCUT2D eigenvalue weighted by molar-refractivity contribution is 7.91. The lowest BCUT2D eigenvalue weighted by atomic mass is 10.00. The van der Waals surface area contributed by atoms with Gasteiger partial charge in [-0.15, -0.1) is 0 Å². The lowest BCUT2D eigenvalue weighted by molar-refractivity contribution is -0.131. The Morgan fingerprint density at radius 2 is 1.88 bits per heavy atom. The standard InChI is InChI=1S/C18H17N3O3S2/c22-17(21-10-8-13-4-1-2-5-14(13)12-21)9-11-26(23,24)16-7-3-6-15-18(16)20-25-19-15/h1-7H,8-12H2. The van der Waals surface area contributed by atoms with Gasteiger partial charge < -0.3 is 4.90 Å². The predicted molar refractivity (Wildman–Crippen MR) is 99.6 cm³/mol. The molecule has 0 radical (unpaired) electrons. The highest BCUT2D eigenvalue weighted by Gasteiger charge is 2.24. The number of benzene rings is 2. The number of rotatable bonds is 4. The minimum Gasteiger partial charge on any atom is -0.338 e. The Hall–Kier alpha value is -2.32. The second-order valence-corrected chi connectivity index (χ2v) is 8.90. The molecule has 0 aliphatic carbocycles. The number of fused-ring (bicyclic) bond motifs is 2. The molecule has 1 aromatic heterocycles. The molecule has 1 aliphatic heterocycles. The van der Waals surface area contributed by atoms with E-state index in [4.69, 9.17) is 0 Å². The Balaban J connectivity index is 1.47. The molecule has 6 nitrogen and oxygen atoms in total. The number of carbonyl (C=O) groups is 1. The quantitative estimate of drug-likeness (QED) is 0.687. The van der Waals surface area contributed by atoms with Crippen molar-refractivity contribution < 1.29 is 13.2 Å². The van der Waals surface area contributed by atoms with Gasteiger partial charge in [-0.25, -0.2) is 8.42 Å². The maximum atomic E-state index is 12.7. The largest absolute Gasteiger partial charge is 0.338 e. The molecule has 0 unspecified atom stereocenters. The summed E-state index contributed by atoms with van der Waals surface area (Å²) in [5, 5.41) is 0. The van der Waals surface area contributed by atoms with Crippen molar-refractivity contribution in [3.63, 3.8) is 0 Å². The van der Waals surface area contributed by atoms with E-state index in [2.05, 4.69) is 14.8 Å². The molecule has 3 aromatic rings. The molecular weight excluding hydrogens is 370 g/mol. The van der Waals surface area contributed by atoms with Gasteiger partial charge in [0.05, 0.1) is 22.4 Å². The molecule has 0 saturated carbocycles. The van der Waals surface area contributed by atoms with Gasteiger partial charge in [0.1, 0.15) is 11.0 Å². The number of aromatic nitrogens is 2. The summed E-state index contributed by atoms with van der Waals surface area (Å²) in [6.45, 7) is 1.17. The fourth-order valence-electron chi connectivity index (χ4n) is 3.23. The molecule has 1 aliphatic rings. The van der Waals surface area contributed by atoms with Crippen molar-refractivity contribution in [3.8, 4) is 0 Å². The van der Waals surface area contributed by atoms with Gasteiger partial charge in [-0.3, -0.25) is 4.79 Å². The molecule has 0 fully saturated rings. The molecule has 0 spiro atoms. The van der Waals surface area contributed by atoms with Crippen LogP contribution >= 0.6 is 11.7 Å². The zero-order valence-electron chi connectivity index (χ0n) is 14.0. The second-order valence-electron chi connectivity index (χ2n) is 6.29. The number of nitrogens with zero attached hydrogens (tertiary/aromatic N) is 3. The molecule has 0 saturated heterocycles. The SMILES string of the molecule is O=C(CCS(=O)(=O)c1cccc2nsnc12)N1CCc2ccccc2C1. The summed E-state index contributed by atoms with van der Waals surface area (Å²) in [7, 11) is -3.59. The first-order valence-corrected chi connectivity index (χ1v) is 10.7. The summed E-state index contributed by atoms with van der Waals surface area (Å²) < 4.78 is 33.5. The average molecular weight is 387 g/mol. The summed E-state index contributed by atoms with van der Waals surface area (Å²) in [6, 6.07) is 13.0. The van der Waals surface area contributed by atoms with Crippen molar-refractivity contribution in [2.45, 2.75) is 24.3 Å². The van der Waals surface area contributed by atoms with E-state index in [1.165, 1.54) is 11.6 Å². The van der Waals surface area contributed by atoms with E-state index in [-0.39, 0.29) is 23.0 Å². The van der Waals surface area contributed by atoms with Crippen LogP contribution in [0.4, 0.5) is 0 Å². The number of amides is 1. The summed E-state index contributed by atoms with van der Waals surface area (Å²) in [5.41, 5.74) is 3.34. The molecule has 0 atom stereocenters. The molecular formula is C18H17N3O3S2. The Bertz CT molecular complexity index is 1080. The van der Waals surface area contributed by atoms with Crippen LogP contribution in [0.1, 0.15) is 17.5 Å². The first-order valence-electron chi connectivity index (χ1n) is 8.33. The molecule has 2 aromatic carbocycles. The van der Waals surface area contributed by atoms with Crippen LogP contribution in [0.2, 0.25) is 0 Å². The zero-order valence-corrected chi connectivity index (χ0v) is 15.6. The average Bonchev–Trinajstić information content (AvgIpc) is 3.14. The van der Waals surface area contributed by atoms with E-state index in [1.54, 1.807) is 17.0 Å². The summed E-state index contributed by atoms with van der Waals surface area (Å²) in [4.78, 5) is 14.4. The second kappa shape index (κ2) is 6.77. The van der Waals surface area contributed by atoms with Crippen molar-refractivity contribution in [3.05, 3.63) is 53.6 Å². The topological polar surface area (TPSA) is 80.2 Å². The molecule has 2 heterocycles. The predicted octanol–water partition coefficient (Wildman–Crippen LogP) is 2.44. The third-order valence-electron chi connectivity index (χ3n) is 4.65. The van der Waals surface area contributed by atoms with Crippen molar-refractivity contribution in [1.82, 2.24) is 13.6 Å². The van der Waals surface area contributed by atoms with Crippen LogP contribution in [-0.4, -0.2) is 40.3 Å². The van der Waals surface area contributed by atoms with E-state index < -0.39 is 9.84 Å². The van der Waals surface area contributed by atoms with Crippen LogP contribution in [0.15, 0.2) is 47.4 Å². The lowest BCUT2D eigenvalue weighted by Gasteiger charge is -2.28. The molecule has 26 heavy (non-hydrogen) atoms. The van der Waals surface area contributed by atoms with Crippen molar-refractivity contribution >= 4 is 38.5 Å². The van der Waals surface area contributed by atoms with Crippen molar-refractivity contribution in [2.75, 3.05) is 12.3 Å². The highest BCUT2D eigenvalue weighted by atomic mass is 32.2.